The number of benzene rings is 3. The quantitative estimate of drug-likeness (QED) is 0.485. The largest absolute Gasteiger partial charge is 0.493 e. The van der Waals surface area contributed by atoms with Gasteiger partial charge >= 0.3 is 0 Å². The maximum atomic E-state index is 12.1. The Balaban J connectivity index is 1.58. The minimum absolute atomic E-state index is 0.122. The second kappa shape index (κ2) is 10.0. The van der Waals surface area contributed by atoms with Crippen LogP contribution in [-0.4, -0.2) is 19.6 Å². The van der Waals surface area contributed by atoms with Crippen molar-refractivity contribution in [1.29, 1.82) is 0 Å². The molecule has 2 N–H and O–H groups in total. The zero-order valence-electron chi connectivity index (χ0n) is 15.7. The molecule has 0 spiro atoms. The molecule has 5 nitrogen and oxygen atoms in total. The van der Waals surface area contributed by atoms with E-state index in [9.17, 15) is 4.79 Å². The average Bonchev–Trinajstić information content (AvgIpc) is 2.72. The van der Waals surface area contributed by atoms with Gasteiger partial charge in [-0.1, -0.05) is 47.5 Å². The molecule has 0 saturated heterocycles. The molecule has 0 aliphatic heterocycles. The van der Waals surface area contributed by atoms with Crippen LogP contribution in [0.2, 0.25) is 10.0 Å². The summed E-state index contributed by atoms with van der Waals surface area (Å²) >= 11 is 12.1. The van der Waals surface area contributed by atoms with Gasteiger partial charge in [-0.25, -0.2) is 0 Å². The van der Waals surface area contributed by atoms with Gasteiger partial charge < -0.3 is 20.1 Å². The van der Waals surface area contributed by atoms with Crippen molar-refractivity contribution < 1.29 is 14.3 Å². The summed E-state index contributed by atoms with van der Waals surface area (Å²) in [6, 6.07) is 20.0. The number of rotatable bonds is 8. The summed E-state index contributed by atoms with van der Waals surface area (Å²) in [6.45, 7) is 0.412. The fourth-order valence-electron chi connectivity index (χ4n) is 2.63. The normalized spacial score (nSPS) is 10.3. The standard InChI is InChI=1S/C22H20Cl2N2O3/c1-28-21-11-15(13-25-19-9-8-16(23)12-18(19)24)7-10-20(21)29-14-22(27)26-17-5-3-2-4-6-17/h2-12,25H,13-14H2,1H3,(H,26,27). The van der Waals surface area contributed by atoms with E-state index in [0.29, 0.717) is 28.1 Å². The third-order valence-electron chi connectivity index (χ3n) is 4.06. The Bertz CT molecular complexity index is 981. The number of carbonyl (C=O) groups is 1. The summed E-state index contributed by atoms with van der Waals surface area (Å²) in [7, 11) is 1.56. The van der Waals surface area contributed by atoms with Crippen molar-refractivity contribution in [3.8, 4) is 11.5 Å². The summed E-state index contributed by atoms with van der Waals surface area (Å²) in [4.78, 5) is 12.1. The summed E-state index contributed by atoms with van der Waals surface area (Å²) in [5.74, 6) is 0.782. The van der Waals surface area contributed by atoms with Gasteiger partial charge in [0.1, 0.15) is 0 Å². The number of methoxy groups -OCH3 is 1. The van der Waals surface area contributed by atoms with Crippen LogP contribution in [0, 0.1) is 0 Å². The molecule has 1 amide bonds. The van der Waals surface area contributed by atoms with Crippen molar-refractivity contribution in [3.63, 3.8) is 0 Å². The lowest BCUT2D eigenvalue weighted by Gasteiger charge is -2.13. The predicted octanol–water partition coefficient (Wildman–Crippen LogP) is 5.63. The lowest BCUT2D eigenvalue weighted by molar-refractivity contribution is -0.118. The van der Waals surface area contributed by atoms with Crippen molar-refractivity contribution in [3.05, 3.63) is 82.3 Å². The molecule has 7 heteroatoms. The van der Waals surface area contributed by atoms with Crippen LogP contribution in [0.15, 0.2) is 66.7 Å². The van der Waals surface area contributed by atoms with Gasteiger partial charge in [0.15, 0.2) is 18.1 Å². The molecule has 3 rings (SSSR count). The molecule has 0 aromatic heterocycles. The van der Waals surface area contributed by atoms with Gasteiger partial charge in [-0.05, 0) is 48.0 Å². The number of ether oxygens (including phenoxy) is 2. The highest BCUT2D eigenvalue weighted by Gasteiger charge is 2.10. The first-order chi connectivity index (χ1) is 14.0. The van der Waals surface area contributed by atoms with E-state index in [1.165, 1.54) is 0 Å². The average molecular weight is 431 g/mol. The maximum Gasteiger partial charge on any atom is 0.262 e. The first-order valence-electron chi connectivity index (χ1n) is 8.88. The molecule has 0 bridgehead atoms. The molecule has 29 heavy (non-hydrogen) atoms. The molecule has 3 aromatic carbocycles. The van der Waals surface area contributed by atoms with E-state index in [4.69, 9.17) is 32.7 Å². The number of hydrogen-bond donors (Lipinski definition) is 2. The molecule has 150 valence electrons. The van der Waals surface area contributed by atoms with Crippen molar-refractivity contribution in [2.75, 3.05) is 24.4 Å². The summed E-state index contributed by atoms with van der Waals surface area (Å²) in [5, 5.41) is 7.16. The molecule has 0 atom stereocenters. The molecule has 0 heterocycles. The molecule has 0 radical (unpaired) electrons. The van der Waals surface area contributed by atoms with Crippen LogP contribution in [0.1, 0.15) is 5.56 Å². The number of nitrogens with one attached hydrogen (secondary N) is 2. The third kappa shape index (κ3) is 6.04. The van der Waals surface area contributed by atoms with Crippen LogP contribution >= 0.6 is 23.2 Å². The summed E-state index contributed by atoms with van der Waals surface area (Å²) < 4.78 is 11.0. The second-order valence-electron chi connectivity index (χ2n) is 6.17. The van der Waals surface area contributed by atoms with Crippen molar-refractivity contribution in [2.24, 2.45) is 0 Å². The molecule has 0 aliphatic rings. The highest BCUT2D eigenvalue weighted by molar-refractivity contribution is 6.36. The van der Waals surface area contributed by atoms with E-state index >= 15 is 0 Å². The van der Waals surface area contributed by atoms with Crippen LogP contribution < -0.4 is 20.1 Å². The highest BCUT2D eigenvalue weighted by Crippen LogP contribution is 2.30. The molecule has 0 unspecified atom stereocenters. The van der Waals surface area contributed by atoms with Crippen LogP contribution in [0.3, 0.4) is 0 Å². The second-order valence-corrected chi connectivity index (χ2v) is 7.01. The number of carbonyl (C=O) groups excluding carboxylic acids is 1. The zero-order valence-corrected chi connectivity index (χ0v) is 17.3. The number of anilines is 2. The minimum Gasteiger partial charge on any atom is -0.493 e. The van der Waals surface area contributed by atoms with Crippen molar-refractivity contribution in [2.45, 2.75) is 6.54 Å². The van der Waals surface area contributed by atoms with E-state index in [2.05, 4.69) is 10.6 Å². The molecule has 3 aromatic rings. The van der Waals surface area contributed by atoms with Crippen molar-refractivity contribution >= 4 is 40.5 Å². The van der Waals surface area contributed by atoms with E-state index in [1.807, 2.05) is 48.5 Å². The van der Waals surface area contributed by atoms with E-state index in [1.54, 1.807) is 25.3 Å². The number of halogens is 2. The summed E-state index contributed by atoms with van der Waals surface area (Å²) in [5.41, 5.74) is 2.47. The Morgan fingerprint density at radius 2 is 1.76 bits per heavy atom. The molecule has 0 fully saturated rings. The minimum atomic E-state index is -0.249. The van der Waals surface area contributed by atoms with Gasteiger partial charge in [0.05, 0.1) is 17.8 Å². The smallest absolute Gasteiger partial charge is 0.262 e. The van der Waals surface area contributed by atoms with Gasteiger partial charge in [0.25, 0.3) is 5.91 Å². The maximum absolute atomic E-state index is 12.1. The van der Waals surface area contributed by atoms with Gasteiger partial charge in [0, 0.05) is 17.3 Å². The molecular weight excluding hydrogens is 411 g/mol. The molecule has 0 saturated carbocycles. The number of para-hydroxylation sites is 1. The molecule has 0 aliphatic carbocycles. The van der Waals surface area contributed by atoms with Gasteiger partial charge in [0.2, 0.25) is 0 Å². The van der Waals surface area contributed by atoms with E-state index < -0.39 is 0 Å². The van der Waals surface area contributed by atoms with Crippen LogP contribution in [0.4, 0.5) is 11.4 Å². The predicted molar refractivity (Wildman–Crippen MR) is 117 cm³/mol. The Labute approximate surface area is 179 Å². The Morgan fingerprint density at radius 1 is 0.966 bits per heavy atom. The van der Waals surface area contributed by atoms with E-state index in [0.717, 1.165) is 16.9 Å². The SMILES string of the molecule is COc1cc(CNc2ccc(Cl)cc2Cl)ccc1OCC(=O)Nc1ccccc1. The Hall–Kier alpha value is -2.89. The van der Waals surface area contributed by atoms with Gasteiger partial charge in [-0.2, -0.15) is 0 Å². The zero-order chi connectivity index (χ0) is 20.6. The van der Waals surface area contributed by atoms with Crippen LogP contribution in [0.5, 0.6) is 11.5 Å². The topological polar surface area (TPSA) is 59.6 Å². The lowest BCUT2D eigenvalue weighted by atomic mass is 10.2. The van der Waals surface area contributed by atoms with E-state index in [-0.39, 0.29) is 12.5 Å². The van der Waals surface area contributed by atoms with Crippen LogP contribution in [-0.2, 0) is 11.3 Å². The van der Waals surface area contributed by atoms with Crippen LogP contribution in [0.25, 0.3) is 0 Å². The monoisotopic (exact) mass is 430 g/mol. The fraction of sp³-hybridized carbons (Fsp3) is 0.136. The van der Waals surface area contributed by atoms with Gasteiger partial charge in [-0.3, -0.25) is 4.79 Å². The van der Waals surface area contributed by atoms with Crippen molar-refractivity contribution in [1.82, 2.24) is 0 Å². The first kappa shape index (κ1) is 20.8. The lowest BCUT2D eigenvalue weighted by Crippen LogP contribution is -2.20. The number of hydrogen-bond acceptors (Lipinski definition) is 4. The highest BCUT2D eigenvalue weighted by atomic mass is 35.5. The molecular formula is C22H20Cl2N2O3. The first-order valence-corrected chi connectivity index (χ1v) is 9.64. The number of amides is 1. The Kier molecular flexibility index (Phi) is 7.22. The summed E-state index contributed by atoms with van der Waals surface area (Å²) in [6.07, 6.45) is 0. The fourth-order valence-corrected chi connectivity index (χ4v) is 3.11. The van der Waals surface area contributed by atoms with Gasteiger partial charge in [-0.15, -0.1) is 0 Å². The third-order valence-corrected chi connectivity index (χ3v) is 4.61. The Morgan fingerprint density at radius 3 is 2.48 bits per heavy atom.